The number of rotatable bonds is 3. The zero-order chi connectivity index (χ0) is 17.8. The number of amides is 2. The number of hydrogen-bond acceptors (Lipinski definition) is 5. The van der Waals surface area contributed by atoms with Crippen molar-refractivity contribution in [3.05, 3.63) is 67.0 Å². The number of nitrogens with one attached hydrogen (secondary N) is 2. The third kappa shape index (κ3) is 3.41. The molecule has 0 saturated carbocycles. The summed E-state index contributed by atoms with van der Waals surface area (Å²) in [7, 11) is 0. The van der Waals surface area contributed by atoms with Crippen LogP contribution >= 0.6 is 0 Å². The molecule has 7 heteroatoms. The van der Waals surface area contributed by atoms with Crippen LogP contribution in [0.5, 0.6) is 5.75 Å². The lowest BCUT2D eigenvalue weighted by atomic mass is 10.3. The molecule has 0 spiro atoms. The minimum absolute atomic E-state index is 0.241. The highest BCUT2D eigenvalue weighted by atomic mass is 16.5. The third-order valence-corrected chi connectivity index (χ3v) is 3.89. The number of benzene rings is 1. The van der Waals surface area contributed by atoms with Crippen molar-refractivity contribution in [3.8, 4) is 5.75 Å². The molecule has 4 rings (SSSR count). The average Bonchev–Trinajstić information content (AvgIpc) is 2.69. The molecule has 0 unspecified atom stereocenters. The number of ether oxygens (including phenoxy) is 1. The van der Waals surface area contributed by atoms with Gasteiger partial charge in [-0.1, -0.05) is 18.2 Å². The van der Waals surface area contributed by atoms with Gasteiger partial charge in [-0.25, -0.2) is 9.78 Å². The highest BCUT2D eigenvalue weighted by Crippen LogP contribution is 2.32. The van der Waals surface area contributed by atoms with Gasteiger partial charge in [-0.05, 0) is 36.4 Å². The van der Waals surface area contributed by atoms with Gasteiger partial charge in [0.05, 0.1) is 6.54 Å². The summed E-state index contributed by atoms with van der Waals surface area (Å²) in [5.74, 6) is 1.70. The number of para-hydroxylation sites is 1. The van der Waals surface area contributed by atoms with Crippen molar-refractivity contribution in [2.24, 2.45) is 0 Å². The van der Waals surface area contributed by atoms with Crippen molar-refractivity contribution < 1.29 is 9.53 Å². The fraction of sp³-hybridized carbons (Fsp3) is 0.105. The summed E-state index contributed by atoms with van der Waals surface area (Å²) in [6.45, 7) is 0.853. The van der Waals surface area contributed by atoms with Gasteiger partial charge in [0.25, 0.3) is 0 Å². The van der Waals surface area contributed by atoms with Gasteiger partial charge in [-0.2, -0.15) is 0 Å². The Morgan fingerprint density at radius 3 is 2.62 bits per heavy atom. The van der Waals surface area contributed by atoms with Crippen LogP contribution in [0.25, 0.3) is 0 Å². The van der Waals surface area contributed by atoms with E-state index in [2.05, 4.69) is 20.6 Å². The number of carbonyl (C=O) groups is 1. The molecule has 130 valence electrons. The molecule has 1 aromatic carbocycles. The van der Waals surface area contributed by atoms with E-state index in [-0.39, 0.29) is 6.03 Å². The molecule has 26 heavy (non-hydrogen) atoms. The fourth-order valence-electron chi connectivity index (χ4n) is 2.66. The number of hydrogen-bond donors (Lipinski definition) is 2. The molecule has 1 aliphatic rings. The second-order valence-electron chi connectivity index (χ2n) is 5.68. The number of aromatic nitrogens is 2. The molecule has 2 N–H and O–H groups in total. The summed E-state index contributed by atoms with van der Waals surface area (Å²) in [5, 5.41) is 6.08. The van der Waals surface area contributed by atoms with E-state index in [4.69, 9.17) is 4.74 Å². The second kappa shape index (κ2) is 7.10. The molecule has 0 bridgehead atoms. The average molecular weight is 347 g/mol. The minimum atomic E-state index is -0.241. The second-order valence-corrected chi connectivity index (χ2v) is 5.68. The first-order valence-corrected chi connectivity index (χ1v) is 8.24. The Bertz CT molecular complexity index is 902. The van der Waals surface area contributed by atoms with E-state index in [0.29, 0.717) is 30.5 Å². The smallest absolute Gasteiger partial charge is 0.327 e. The predicted octanol–water partition coefficient (Wildman–Crippen LogP) is 3.65. The van der Waals surface area contributed by atoms with Crippen LogP contribution in [0.3, 0.4) is 0 Å². The maximum atomic E-state index is 12.7. The summed E-state index contributed by atoms with van der Waals surface area (Å²) >= 11 is 0. The van der Waals surface area contributed by atoms with Gasteiger partial charge >= 0.3 is 6.03 Å². The lowest BCUT2D eigenvalue weighted by molar-refractivity contribution is 0.249. The molecule has 0 atom stereocenters. The standard InChI is InChI=1S/C19H17N5O2/c25-19(22-14-4-2-1-3-5-14)24-12-13-26-16-6-7-17(23-18(16)24)21-15-8-10-20-11-9-15/h1-11H,12-13H2,(H,22,25)(H,20,21,23). The SMILES string of the molecule is O=C(Nc1ccccc1)N1CCOc2ccc(Nc3ccncc3)nc21. The minimum Gasteiger partial charge on any atom is -0.488 e. The highest BCUT2D eigenvalue weighted by Gasteiger charge is 2.25. The normalized spacial score (nSPS) is 12.7. The summed E-state index contributed by atoms with van der Waals surface area (Å²) < 4.78 is 5.64. The van der Waals surface area contributed by atoms with Crippen LogP contribution in [-0.2, 0) is 0 Å². The first-order valence-electron chi connectivity index (χ1n) is 8.24. The van der Waals surface area contributed by atoms with E-state index in [0.717, 1.165) is 11.4 Å². The van der Waals surface area contributed by atoms with E-state index in [1.165, 1.54) is 0 Å². The Morgan fingerprint density at radius 2 is 1.81 bits per heavy atom. The molecule has 0 radical (unpaired) electrons. The molecule has 2 aromatic heterocycles. The molecule has 1 aliphatic heterocycles. The van der Waals surface area contributed by atoms with Crippen LogP contribution in [0, 0.1) is 0 Å². The monoisotopic (exact) mass is 347 g/mol. The fourth-order valence-corrected chi connectivity index (χ4v) is 2.66. The Balaban J connectivity index is 1.58. The Morgan fingerprint density at radius 1 is 1.00 bits per heavy atom. The molecule has 2 amide bonds. The highest BCUT2D eigenvalue weighted by molar-refractivity contribution is 6.02. The first kappa shape index (κ1) is 15.9. The number of fused-ring (bicyclic) bond motifs is 1. The number of urea groups is 1. The number of carbonyl (C=O) groups excluding carboxylic acids is 1. The van der Waals surface area contributed by atoms with Crippen molar-refractivity contribution in [1.29, 1.82) is 0 Å². The van der Waals surface area contributed by atoms with Crippen LogP contribution in [-0.4, -0.2) is 29.2 Å². The van der Waals surface area contributed by atoms with E-state index < -0.39 is 0 Å². The third-order valence-electron chi connectivity index (χ3n) is 3.89. The van der Waals surface area contributed by atoms with Crippen LogP contribution < -0.4 is 20.3 Å². The van der Waals surface area contributed by atoms with Gasteiger partial charge in [-0.15, -0.1) is 0 Å². The van der Waals surface area contributed by atoms with Gasteiger partial charge < -0.3 is 15.4 Å². The predicted molar refractivity (Wildman–Crippen MR) is 100 cm³/mol. The molecule has 0 saturated heterocycles. The molecule has 3 heterocycles. The van der Waals surface area contributed by atoms with Crippen LogP contribution in [0.15, 0.2) is 67.0 Å². The largest absolute Gasteiger partial charge is 0.488 e. The first-order chi connectivity index (χ1) is 12.8. The topological polar surface area (TPSA) is 79.4 Å². The van der Waals surface area contributed by atoms with Gasteiger partial charge in [0, 0.05) is 23.8 Å². The lowest BCUT2D eigenvalue weighted by Gasteiger charge is -2.28. The molecular formula is C19H17N5O2. The summed E-state index contributed by atoms with van der Waals surface area (Å²) in [5.41, 5.74) is 1.60. The number of pyridine rings is 2. The maximum absolute atomic E-state index is 12.7. The Hall–Kier alpha value is -3.61. The van der Waals surface area contributed by atoms with Crippen LogP contribution in [0.4, 0.5) is 27.8 Å². The molecule has 0 fully saturated rings. The van der Waals surface area contributed by atoms with Gasteiger partial charge in [-0.3, -0.25) is 9.88 Å². The van der Waals surface area contributed by atoms with E-state index in [9.17, 15) is 4.79 Å². The molecule has 7 nitrogen and oxygen atoms in total. The number of anilines is 4. The zero-order valence-corrected chi connectivity index (χ0v) is 13.9. The van der Waals surface area contributed by atoms with Crippen molar-refractivity contribution in [3.63, 3.8) is 0 Å². The summed E-state index contributed by atoms with van der Waals surface area (Å²) in [6.07, 6.45) is 3.40. The van der Waals surface area contributed by atoms with E-state index in [1.807, 2.05) is 54.6 Å². The van der Waals surface area contributed by atoms with Gasteiger partial charge in [0.2, 0.25) is 0 Å². The van der Waals surface area contributed by atoms with Crippen LogP contribution in [0.1, 0.15) is 0 Å². The summed E-state index contributed by atoms with van der Waals surface area (Å²) in [4.78, 5) is 22.8. The Kier molecular flexibility index (Phi) is 4.34. The summed E-state index contributed by atoms with van der Waals surface area (Å²) in [6, 6.07) is 16.4. The van der Waals surface area contributed by atoms with Crippen molar-refractivity contribution >= 4 is 29.0 Å². The van der Waals surface area contributed by atoms with E-state index >= 15 is 0 Å². The quantitative estimate of drug-likeness (QED) is 0.756. The van der Waals surface area contributed by atoms with Crippen molar-refractivity contribution in [2.75, 3.05) is 28.7 Å². The molecular weight excluding hydrogens is 330 g/mol. The Labute approximate surface area is 150 Å². The maximum Gasteiger partial charge on any atom is 0.327 e. The van der Waals surface area contributed by atoms with Crippen LogP contribution in [0.2, 0.25) is 0 Å². The number of nitrogens with zero attached hydrogens (tertiary/aromatic N) is 3. The van der Waals surface area contributed by atoms with Gasteiger partial charge in [0.1, 0.15) is 12.4 Å². The van der Waals surface area contributed by atoms with Crippen molar-refractivity contribution in [2.45, 2.75) is 0 Å². The van der Waals surface area contributed by atoms with E-state index in [1.54, 1.807) is 17.3 Å². The molecule has 0 aliphatic carbocycles. The zero-order valence-electron chi connectivity index (χ0n) is 13.9. The lowest BCUT2D eigenvalue weighted by Crippen LogP contribution is -2.41. The molecule has 3 aromatic rings. The van der Waals surface area contributed by atoms with Gasteiger partial charge in [0.15, 0.2) is 11.6 Å². The van der Waals surface area contributed by atoms with Crippen molar-refractivity contribution in [1.82, 2.24) is 9.97 Å².